The van der Waals surface area contributed by atoms with Crippen LogP contribution in [0.3, 0.4) is 0 Å². The monoisotopic (exact) mass is 258 g/mol. The van der Waals surface area contributed by atoms with E-state index < -0.39 is 0 Å². The van der Waals surface area contributed by atoms with Crippen LogP contribution in [0.1, 0.15) is 19.8 Å². The third-order valence-electron chi connectivity index (χ3n) is 3.71. The van der Waals surface area contributed by atoms with Crippen molar-refractivity contribution in [1.29, 1.82) is 0 Å². The predicted molar refractivity (Wildman–Crippen MR) is 72.5 cm³/mol. The molecule has 1 amide bonds. The first kappa shape index (κ1) is 12.1. The molecule has 0 unspecified atom stereocenters. The summed E-state index contributed by atoms with van der Waals surface area (Å²) >= 11 is 0. The Morgan fingerprint density at radius 3 is 3.11 bits per heavy atom. The molecule has 0 spiro atoms. The molecule has 5 heteroatoms. The quantitative estimate of drug-likeness (QED) is 0.823. The standard InChI is InChI=1S/C14H18N4O/c1-11-5-4-8-17(9-11)14(19)10-18-13-7-3-2-6-12(13)15-16-18/h2-3,6-7,11H,4-5,8-10H2,1H3/t11-/m0/s1. The molecule has 3 rings (SSSR count). The summed E-state index contributed by atoms with van der Waals surface area (Å²) in [7, 11) is 0. The van der Waals surface area contributed by atoms with Gasteiger partial charge < -0.3 is 4.90 Å². The molecule has 1 aromatic carbocycles. The Balaban J connectivity index is 1.75. The Morgan fingerprint density at radius 1 is 1.42 bits per heavy atom. The number of hydrogen-bond acceptors (Lipinski definition) is 3. The highest BCUT2D eigenvalue weighted by Crippen LogP contribution is 2.16. The van der Waals surface area contributed by atoms with Gasteiger partial charge in [0.25, 0.3) is 0 Å². The highest BCUT2D eigenvalue weighted by atomic mass is 16.2. The maximum Gasteiger partial charge on any atom is 0.244 e. The SMILES string of the molecule is C[C@H]1CCCN(C(=O)Cn2nnc3ccccc32)C1. The first-order valence-corrected chi connectivity index (χ1v) is 6.80. The first-order chi connectivity index (χ1) is 9.24. The van der Waals surface area contributed by atoms with Gasteiger partial charge in [-0.1, -0.05) is 24.3 Å². The fourth-order valence-electron chi connectivity index (χ4n) is 2.68. The molecule has 2 heterocycles. The molecule has 2 aromatic rings. The number of likely N-dealkylation sites (tertiary alicyclic amines) is 1. The van der Waals surface area contributed by atoms with Gasteiger partial charge in [-0.2, -0.15) is 0 Å². The highest BCUT2D eigenvalue weighted by molar-refractivity contribution is 5.79. The van der Waals surface area contributed by atoms with Gasteiger partial charge in [-0.15, -0.1) is 5.10 Å². The zero-order valence-electron chi connectivity index (χ0n) is 11.1. The summed E-state index contributed by atoms with van der Waals surface area (Å²) in [5.41, 5.74) is 1.75. The summed E-state index contributed by atoms with van der Waals surface area (Å²) in [6, 6.07) is 7.72. The van der Waals surface area contributed by atoms with Gasteiger partial charge in [-0.05, 0) is 30.9 Å². The summed E-state index contributed by atoms with van der Waals surface area (Å²) in [5.74, 6) is 0.743. The zero-order chi connectivity index (χ0) is 13.2. The molecule has 1 saturated heterocycles. The van der Waals surface area contributed by atoms with Crippen LogP contribution in [-0.2, 0) is 11.3 Å². The molecule has 0 bridgehead atoms. The Morgan fingerprint density at radius 2 is 2.26 bits per heavy atom. The van der Waals surface area contributed by atoms with Gasteiger partial charge in [-0.3, -0.25) is 4.79 Å². The number of amides is 1. The maximum atomic E-state index is 12.3. The van der Waals surface area contributed by atoms with Gasteiger partial charge in [0.2, 0.25) is 5.91 Å². The van der Waals surface area contributed by atoms with Crippen molar-refractivity contribution in [3.8, 4) is 0 Å². The lowest BCUT2D eigenvalue weighted by Gasteiger charge is -2.30. The molecule has 1 aliphatic rings. The van der Waals surface area contributed by atoms with Gasteiger partial charge in [0.15, 0.2) is 0 Å². The number of rotatable bonds is 2. The van der Waals surface area contributed by atoms with Crippen LogP contribution >= 0.6 is 0 Å². The van der Waals surface area contributed by atoms with Crippen LogP contribution in [0.2, 0.25) is 0 Å². The zero-order valence-corrected chi connectivity index (χ0v) is 11.1. The van der Waals surface area contributed by atoms with E-state index in [1.165, 1.54) is 6.42 Å². The minimum atomic E-state index is 0.141. The van der Waals surface area contributed by atoms with E-state index in [-0.39, 0.29) is 12.5 Å². The lowest BCUT2D eigenvalue weighted by atomic mass is 10.0. The molecule has 0 radical (unpaired) electrons. The van der Waals surface area contributed by atoms with Crippen LogP contribution in [0.15, 0.2) is 24.3 Å². The molecule has 1 fully saturated rings. The van der Waals surface area contributed by atoms with Crippen molar-refractivity contribution in [2.24, 2.45) is 5.92 Å². The van der Waals surface area contributed by atoms with Crippen molar-refractivity contribution in [2.45, 2.75) is 26.3 Å². The third-order valence-corrected chi connectivity index (χ3v) is 3.71. The van der Waals surface area contributed by atoms with E-state index >= 15 is 0 Å². The van der Waals surface area contributed by atoms with E-state index in [4.69, 9.17) is 0 Å². The van der Waals surface area contributed by atoms with Crippen LogP contribution in [0.5, 0.6) is 0 Å². The van der Waals surface area contributed by atoms with Crippen molar-refractivity contribution in [1.82, 2.24) is 19.9 Å². The molecular formula is C14H18N4O. The summed E-state index contributed by atoms with van der Waals surface area (Å²) in [6.07, 6.45) is 2.32. The number of carbonyl (C=O) groups is 1. The Hall–Kier alpha value is -1.91. The van der Waals surface area contributed by atoms with E-state index in [1.54, 1.807) is 4.68 Å². The van der Waals surface area contributed by atoms with E-state index in [9.17, 15) is 4.79 Å². The summed E-state index contributed by atoms with van der Waals surface area (Å²) in [6.45, 7) is 4.22. The number of nitrogens with zero attached hydrogens (tertiary/aromatic N) is 4. The number of carbonyl (C=O) groups excluding carboxylic acids is 1. The highest BCUT2D eigenvalue weighted by Gasteiger charge is 2.21. The van der Waals surface area contributed by atoms with Crippen molar-refractivity contribution in [2.75, 3.05) is 13.1 Å². The van der Waals surface area contributed by atoms with Gasteiger partial charge in [0, 0.05) is 13.1 Å². The minimum Gasteiger partial charge on any atom is -0.341 e. The van der Waals surface area contributed by atoms with Crippen molar-refractivity contribution in [3.05, 3.63) is 24.3 Å². The second-order valence-corrected chi connectivity index (χ2v) is 5.32. The topological polar surface area (TPSA) is 51.0 Å². The van der Waals surface area contributed by atoms with Crippen molar-refractivity contribution < 1.29 is 4.79 Å². The average Bonchev–Trinajstić information content (AvgIpc) is 2.82. The number of hydrogen-bond donors (Lipinski definition) is 0. The lowest BCUT2D eigenvalue weighted by molar-refractivity contribution is -0.133. The fraction of sp³-hybridized carbons (Fsp3) is 0.500. The molecule has 19 heavy (non-hydrogen) atoms. The van der Waals surface area contributed by atoms with Gasteiger partial charge in [-0.25, -0.2) is 4.68 Å². The molecule has 1 aliphatic heterocycles. The third kappa shape index (κ3) is 2.45. The molecule has 1 aromatic heterocycles. The number of benzene rings is 1. The Labute approximate surface area is 112 Å². The normalized spacial score (nSPS) is 19.8. The molecular weight excluding hydrogens is 240 g/mol. The van der Waals surface area contributed by atoms with Gasteiger partial charge in [0.05, 0.1) is 5.52 Å². The molecule has 0 saturated carbocycles. The van der Waals surface area contributed by atoms with E-state index in [1.807, 2.05) is 29.2 Å². The molecule has 5 nitrogen and oxygen atoms in total. The van der Waals surface area contributed by atoms with Crippen LogP contribution in [0.4, 0.5) is 0 Å². The molecule has 100 valence electrons. The smallest absolute Gasteiger partial charge is 0.244 e. The fourth-order valence-corrected chi connectivity index (χ4v) is 2.68. The van der Waals surface area contributed by atoms with Crippen LogP contribution in [0.25, 0.3) is 11.0 Å². The largest absolute Gasteiger partial charge is 0.341 e. The summed E-state index contributed by atoms with van der Waals surface area (Å²) in [4.78, 5) is 14.2. The summed E-state index contributed by atoms with van der Waals surface area (Å²) < 4.78 is 1.69. The van der Waals surface area contributed by atoms with Crippen LogP contribution in [-0.4, -0.2) is 38.9 Å². The second kappa shape index (κ2) is 4.99. The second-order valence-electron chi connectivity index (χ2n) is 5.32. The van der Waals surface area contributed by atoms with E-state index in [0.29, 0.717) is 5.92 Å². The van der Waals surface area contributed by atoms with Crippen LogP contribution < -0.4 is 0 Å². The summed E-state index contributed by atoms with van der Waals surface area (Å²) in [5, 5.41) is 8.14. The molecule has 0 N–H and O–H groups in total. The van der Waals surface area contributed by atoms with Gasteiger partial charge in [0.1, 0.15) is 12.1 Å². The van der Waals surface area contributed by atoms with Gasteiger partial charge >= 0.3 is 0 Å². The Bertz CT molecular complexity index is 592. The predicted octanol–water partition coefficient (Wildman–Crippen LogP) is 1.69. The number of aromatic nitrogens is 3. The average molecular weight is 258 g/mol. The minimum absolute atomic E-state index is 0.141. The van der Waals surface area contributed by atoms with Crippen molar-refractivity contribution in [3.63, 3.8) is 0 Å². The van der Waals surface area contributed by atoms with E-state index in [0.717, 1.165) is 30.5 Å². The number of fused-ring (bicyclic) bond motifs is 1. The van der Waals surface area contributed by atoms with Crippen molar-refractivity contribution >= 4 is 16.9 Å². The Kier molecular flexibility index (Phi) is 3.19. The lowest BCUT2D eigenvalue weighted by Crippen LogP contribution is -2.41. The molecule has 0 aliphatic carbocycles. The number of piperidine rings is 1. The molecule has 1 atom stereocenters. The van der Waals surface area contributed by atoms with Crippen LogP contribution in [0, 0.1) is 5.92 Å². The van der Waals surface area contributed by atoms with E-state index in [2.05, 4.69) is 17.2 Å². The number of para-hydroxylation sites is 1. The maximum absolute atomic E-state index is 12.3. The first-order valence-electron chi connectivity index (χ1n) is 6.80.